The Bertz CT molecular complexity index is 1020. The van der Waals surface area contributed by atoms with Crippen LogP contribution in [0.25, 0.3) is 26.2 Å². The maximum Gasteiger partial charge on any atom is 0.152 e. The first-order valence-corrected chi connectivity index (χ1v) is 10.6. The molecule has 0 unspecified atom stereocenters. The van der Waals surface area contributed by atoms with E-state index in [-0.39, 0.29) is 0 Å². The van der Waals surface area contributed by atoms with E-state index in [1.165, 1.54) is 33.6 Å². The number of benzene rings is 1. The molecule has 4 nitrogen and oxygen atoms in total. The minimum absolute atomic E-state index is 0.475. The van der Waals surface area contributed by atoms with Crippen LogP contribution in [0.5, 0.6) is 0 Å². The third-order valence-electron chi connectivity index (χ3n) is 5.12. The second kappa shape index (κ2) is 7.69. The lowest BCUT2D eigenvalue weighted by Gasteiger charge is -2.14. The molecular formula is C22H26N4S. The van der Waals surface area contributed by atoms with Gasteiger partial charge in [0.1, 0.15) is 17.0 Å². The van der Waals surface area contributed by atoms with Crippen molar-refractivity contribution in [2.75, 3.05) is 12.4 Å². The van der Waals surface area contributed by atoms with Crippen LogP contribution in [0, 0.1) is 0 Å². The van der Waals surface area contributed by atoms with E-state index in [0.717, 1.165) is 29.9 Å². The summed E-state index contributed by atoms with van der Waals surface area (Å²) in [7, 11) is 1.93. The van der Waals surface area contributed by atoms with Gasteiger partial charge in [0, 0.05) is 30.1 Å². The summed E-state index contributed by atoms with van der Waals surface area (Å²) in [5.41, 5.74) is 2.12. The molecule has 4 rings (SSSR count). The predicted octanol–water partition coefficient (Wildman–Crippen LogP) is 6.34. The highest BCUT2D eigenvalue weighted by Crippen LogP contribution is 2.39. The molecule has 0 saturated carbocycles. The molecule has 0 amide bonds. The van der Waals surface area contributed by atoms with Crippen LogP contribution in [0.1, 0.15) is 51.3 Å². The van der Waals surface area contributed by atoms with Crippen LogP contribution in [0.2, 0.25) is 0 Å². The van der Waals surface area contributed by atoms with Crippen molar-refractivity contribution in [2.45, 2.75) is 45.4 Å². The van der Waals surface area contributed by atoms with Gasteiger partial charge in [-0.05, 0) is 30.4 Å². The van der Waals surface area contributed by atoms with Crippen molar-refractivity contribution in [3.63, 3.8) is 0 Å². The highest BCUT2D eigenvalue weighted by molar-refractivity contribution is 7.22. The van der Waals surface area contributed by atoms with Crippen LogP contribution in [0.4, 0.5) is 5.82 Å². The summed E-state index contributed by atoms with van der Waals surface area (Å²) >= 11 is 1.80. The molecule has 5 heteroatoms. The van der Waals surface area contributed by atoms with Gasteiger partial charge in [0.15, 0.2) is 5.82 Å². The maximum atomic E-state index is 5.19. The number of hydrogen-bond acceptors (Lipinski definition) is 4. The Hall–Kier alpha value is -2.40. The van der Waals surface area contributed by atoms with Crippen LogP contribution < -0.4 is 5.32 Å². The zero-order chi connectivity index (χ0) is 18.8. The number of imidazole rings is 1. The van der Waals surface area contributed by atoms with Gasteiger partial charge in [0.05, 0.1) is 4.88 Å². The molecule has 140 valence electrons. The van der Waals surface area contributed by atoms with Crippen LogP contribution in [0.15, 0.2) is 42.7 Å². The van der Waals surface area contributed by atoms with E-state index in [9.17, 15) is 0 Å². The van der Waals surface area contributed by atoms with E-state index in [1.807, 2.05) is 13.2 Å². The van der Waals surface area contributed by atoms with Crippen LogP contribution in [-0.4, -0.2) is 21.4 Å². The summed E-state index contributed by atoms with van der Waals surface area (Å²) in [6, 6.07) is 10.8. The van der Waals surface area contributed by atoms with E-state index in [4.69, 9.17) is 4.98 Å². The molecule has 1 aromatic carbocycles. The smallest absolute Gasteiger partial charge is 0.152 e. The second-order valence-corrected chi connectivity index (χ2v) is 8.07. The fraction of sp³-hybridized carbons (Fsp3) is 0.364. The largest absolute Gasteiger partial charge is 0.371 e. The first-order valence-electron chi connectivity index (χ1n) is 9.80. The topological polar surface area (TPSA) is 42.2 Å². The Morgan fingerprint density at radius 1 is 1.15 bits per heavy atom. The molecule has 0 atom stereocenters. The van der Waals surface area contributed by atoms with Crippen molar-refractivity contribution in [1.82, 2.24) is 14.4 Å². The van der Waals surface area contributed by atoms with Gasteiger partial charge in [-0.1, -0.05) is 44.9 Å². The molecule has 0 fully saturated rings. The summed E-state index contributed by atoms with van der Waals surface area (Å²) in [4.78, 5) is 11.0. The lowest BCUT2D eigenvalue weighted by Crippen LogP contribution is -2.05. The summed E-state index contributed by atoms with van der Waals surface area (Å²) < 4.78 is 3.55. The van der Waals surface area contributed by atoms with Crippen molar-refractivity contribution >= 4 is 32.8 Å². The summed E-state index contributed by atoms with van der Waals surface area (Å²) in [6.07, 6.45) is 8.59. The van der Waals surface area contributed by atoms with E-state index in [1.54, 1.807) is 11.3 Å². The minimum atomic E-state index is 0.475. The van der Waals surface area contributed by atoms with Crippen molar-refractivity contribution in [2.24, 2.45) is 0 Å². The molecule has 0 bridgehead atoms. The average Bonchev–Trinajstić information content (AvgIpc) is 3.29. The minimum Gasteiger partial charge on any atom is -0.371 e. The normalized spacial score (nSPS) is 11.7. The van der Waals surface area contributed by atoms with Gasteiger partial charge in [0.25, 0.3) is 0 Å². The van der Waals surface area contributed by atoms with E-state index in [0.29, 0.717) is 5.92 Å². The predicted molar refractivity (Wildman–Crippen MR) is 116 cm³/mol. The highest BCUT2D eigenvalue weighted by atomic mass is 32.1. The summed E-state index contributed by atoms with van der Waals surface area (Å²) in [6.45, 7) is 4.51. The van der Waals surface area contributed by atoms with Crippen molar-refractivity contribution in [1.29, 1.82) is 0 Å². The molecule has 0 aliphatic carbocycles. The Morgan fingerprint density at radius 2 is 1.93 bits per heavy atom. The quantitative estimate of drug-likeness (QED) is 0.408. The third kappa shape index (κ3) is 3.21. The van der Waals surface area contributed by atoms with Crippen molar-refractivity contribution in [3.8, 4) is 10.6 Å². The number of rotatable bonds is 7. The molecule has 0 radical (unpaired) electrons. The standard InChI is InChI=1S/C22H26N4S/c1-4-8-15(9-5-2)22-25-19(20-21(23-3)24-12-13-26(20)22)18-14-16-10-6-7-11-17(16)27-18/h6-7,10-15H,4-5,8-9H2,1-3H3,(H,23,24). The first kappa shape index (κ1) is 18.0. The molecule has 1 N–H and O–H groups in total. The van der Waals surface area contributed by atoms with Gasteiger partial charge in [-0.15, -0.1) is 11.3 Å². The van der Waals surface area contributed by atoms with E-state index < -0.39 is 0 Å². The number of aromatic nitrogens is 3. The van der Waals surface area contributed by atoms with E-state index in [2.05, 4.69) is 65.1 Å². The molecular weight excluding hydrogens is 352 g/mol. The van der Waals surface area contributed by atoms with Crippen LogP contribution in [0.3, 0.4) is 0 Å². The summed E-state index contributed by atoms with van der Waals surface area (Å²) in [5, 5.41) is 4.53. The SMILES string of the molecule is CCCC(CCC)c1nc(-c2cc3ccccc3s2)c2c(NC)nccn12. The molecule has 3 aromatic heterocycles. The first-order chi connectivity index (χ1) is 13.3. The molecule has 0 aliphatic heterocycles. The number of anilines is 1. The van der Waals surface area contributed by atoms with Gasteiger partial charge in [-0.25, -0.2) is 9.97 Å². The number of nitrogens with zero attached hydrogens (tertiary/aromatic N) is 3. The zero-order valence-electron chi connectivity index (χ0n) is 16.2. The van der Waals surface area contributed by atoms with Gasteiger partial charge in [-0.2, -0.15) is 0 Å². The summed E-state index contributed by atoms with van der Waals surface area (Å²) in [5.74, 6) is 2.53. The molecule has 3 heterocycles. The lowest BCUT2D eigenvalue weighted by molar-refractivity contribution is 0.532. The maximum absolute atomic E-state index is 5.19. The fourth-order valence-corrected chi connectivity index (χ4v) is 4.96. The Balaban J connectivity index is 1.96. The Labute approximate surface area is 164 Å². The number of fused-ring (bicyclic) bond motifs is 2. The lowest BCUT2D eigenvalue weighted by atomic mass is 9.97. The van der Waals surface area contributed by atoms with Crippen LogP contribution >= 0.6 is 11.3 Å². The fourth-order valence-electron chi connectivity index (χ4n) is 3.90. The van der Waals surface area contributed by atoms with Gasteiger partial charge >= 0.3 is 0 Å². The third-order valence-corrected chi connectivity index (χ3v) is 6.24. The molecule has 0 saturated heterocycles. The Kier molecular flexibility index (Phi) is 5.12. The van der Waals surface area contributed by atoms with Gasteiger partial charge < -0.3 is 5.32 Å². The Morgan fingerprint density at radius 3 is 2.63 bits per heavy atom. The number of hydrogen-bond donors (Lipinski definition) is 1. The monoisotopic (exact) mass is 378 g/mol. The molecule has 27 heavy (non-hydrogen) atoms. The zero-order valence-corrected chi connectivity index (χ0v) is 17.0. The molecule has 4 aromatic rings. The van der Waals surface area contributed by atoms with Crippen molar-refractivity contribution < 1.29 is 0 Å². The molecule has 0 spiro atoms. The van der Waals surface area contributed by atoms with Gasteiger partial charge in [-0.3, -0.25) is 4.40 Å². The van der Waals surface area contributed by atoms with E-state index >= 15 is 0 Å². The highest BCUT2D eigenvalue weighted by Gasteiger charge is 2.23. The molecule has 0 aliphatic rings. The second-order valence-electron chi connectivity index (χ2n) is 6.99. The van der Waals surface area contributed by atoms with Crippen molar-refractivity contribution in [3.05, 3.63) is 48.5 Å². The average molecular weight is 379 g/mol. The van der Waals surface area contributed by atoms with Gasteiger partial charge in [0.2, 0.25) is 0 Å². The van der Waals surface area contributed by atoms with Crippen LogP contribution in [-0.2, 0) is 0 Å². The number of nitrogens with one attached hydrogen (secondary N) is 1. The number of thiophene rings is 1.